The van der Waals surface area contributed by atoms with Gasteiger partial charge in [0.15, 0.2) is 5.76 Å². The molecule has 1 aliphatic heterocycles. The molecule has 7 nitrogen and oxygen atoms in total. The lowest BCUT2D eigenvalue weighted by Gasteiger charge is -2.23. The average Bonchev–Trinajstić information content (AvgIpc) is 3.13. The number of furan rings is 1. The zero-order valence-corrected chi connectivity index (χ0v) is 15.2. The van der Waals surface area contributed by atoms with Gasteiger partial charge in [-0.05, 0) is 31.4 Å². The molecule has 144 valence electrons. The Balaban J connectivity index is 1.70. The summed E-state index contributed by atoms with van der Waals surface area (Å²) in [6, 6.07) is 8.33. The fraction of sp³-hybridized carbons (Fsp3) is 0.400. The standard InChI is InChI=1S/C20H23NO6/c1-2-16-14(20(23)24)11-18(27-16)19(22)21-15-8-3-4-9-17(15)26-12-13-7-5-6-10-25-13/h3-4,8-9,11,13H,2,5-7,10,12H2,1H3,(H,21,22)(H,23,24). The smallest absolute Gasteiger partial charge is 0.339 e. The molecule has 1 amide bonds. The molecule has 2 N–H and O–H groups in total. The van der Waals surface area contributed by atoms with Gasteiger partial charge in [-0.3, -0.25) is 4.79 Å². The van der Waals surface area contributed by atoms with Crippen LogP contribution < -0.4 is 10.1 Å². The Morgan fingerprint density at radius 1 is 1.30 bits per heavy atom. The van der Waals surface area contributed by atoms with E-state index in [1.165, 1.54) is 6.07 Å². The molecule has 27 heavy (non-hydrogen) atoms. The molecule has 0 spiro atoms. The van der Waals surface area contributed by atoms with Crippen molar-refractivity contribution in [2.75, 3.05) is 18.5 Å². The van der Waals surface area contributed by atoms with Gasteiger partial charge in [0, 0.05) is 19.1 Å². The number of aryl methyl sites for hydroxylation is 1. The molecule has 0 radical (unpaired) electrons. The van der Waals surface area contributed by atoms with E-state index >= 15 is 0 Å². The van der Waals surface area contributed by atoms with Crippen LogP contribution in [0.15, 0.2) is 34.7 Å². The molecule has 2 aromatic rings. The van der Waals surface area contributed by atoms with E-state index in [1.54, 1.807) is 25.1 Å². The van der Waals surface area contributed by atoms with Crippen molar-refractivity contribution in [3.05, 3.63) is 47.4 Å². The summed E-state index contributed by atoms with van der Waals surface area (Å²) in [5.41, 5.74) is 0.492. The number of carbonyl (C=O) groups is 2. The van der Waals surface area contributed by atoms with E-state index in [0.29, 0.717) is 24.5 Å². The highest BCUT2D eigenvalue weighted by molar-refractivity contribution is 6.04. The van der Waals surface area contributed by atoms with Gasteiger partial charge in [-0.15, -0.1) is 0 Å². The van der Waals surface area contributed by atoms with Crippen molar-refractivity contribution in [2.45, 2.75) is 38.7 Å². The lowest BCUT2D eigenvalue weighted by atomic mass is 10.1. The molecule has 0 saturated carbocycles. The molecular weight excluding hydrogens is 350 g/mol. The lowest BCUT2D eigenvalue weighted by molar-refractivity contribution is -0.0109. The first-order valence-corrected chi connectivity index (χ1v) is 9.09. The van der Waals surface area contributed by atoms with Crippen LogP contribution in [0, 0.1) is 0 Å². The molecule has 2 heterocycles. The molecule has 1 aliphatic rings. The minimum absolute atomic E-state index is 0.00151. The summed E-state index contributed by atoms with van der Waals surface area (Å²) in [5, 5.41) is 11.9. The second kappa shape index (κ2) is 8.73. The Morgan fingerprint density at radius 3 is 2.78 bits per heavy atom. The van der Waals surface area contributed by atoms with Crippen molar-refractivity contribution >= 4 is 17.6 Å². The first-order valence-electron chi connectivity index (χ1n) is 9.09. The van der Waals surface area contributed by atoms with Crippen molar-refractivity contribution in [2.24, 2.45) is 0 Å². The summed E-state index contributed by atoms with van der Waals surface area (Å²) in [5.74, 6) is -0.893. The van der Waals surface area contributed by atoms with Crippen LogP contribution in [0.5, 0.6) is 5.75 Å². The molecule has 1 aromatic heterocycles. The first-order chi connectivity index (χ1) is 13.1. The molecule has 1 aromatic carbocycles. The summed E-state index contributed by atoms with van der Waals surface area (Å²) in [6.45, 7) is 2.93. The van der Waals surface area contributed by atoms with E-state index in [-0.39, 0.29) is 23.2 Å². The number of carboxylic acid groups (broad SMARTS) is 1. The quantitative estimate of drug-likeness (QED) is 0.767. The number of carboxylic acids is 1. The number of benzene rings is 1. The van der Waals surface area contributed by atoms with Crippen LogP contribution in [0.3, 0.4) is 0 Å². The van der Waals surface area contributed by atoms with Gasteiger partial charge in [-0.2, -0.15) is 0 Å². The maximum absolute atomic E-state index is 12.5. The molecule has 1 fully saturated rings. The topological polar surface area (TPSA) is 98.0 Å². The second-order valence-corrected chi connectivity index (χ2v) is 6.36. The number of rotatable bonds is 7. The van der Waals surface area contributed by atoms with Gasteiger partial charge in [-0.1, -0.05) is 19.1 Å². The van der Waals surface area contributed by atoms with Crippen LogP contribution >= 0.6 is 0 Å². The molecule has 1 unspecified atom stereocenters. The highest BCUT2D eigenvalue weighted by Gasteiger charge is 2.21. The SMILES string of the molecule is CCc1oc(C(=O)Nc2ccccc2OCC2CCCCO2)cc1C(=O)O. The fourth-order valence-corrected chi connectivity index (χ4v) is 2.99. The second-order valence-electron chi connectivity index (χ2n) is 6.36. The third-order valence-corrected chi connectivity index (χ3v) is 4.42. The summed E-state index contributed by atoms with van der Waals surface area (Å²) in [7, 11) is 0. The van der Waals surface area contributed by atoms with E-state index in [0.717, 1.165) is 25.9 Å². The van der Waals surface area contributed by atoms with Crippen LogP contribution in [-0.2, 0) is 11.2 Å². The van der Waals surface area contributed by atoms with Crippen LogP contribution in [0.2, 0.25) is 0 Å². The summed E-state index contributed by atoms with van der Waals surface area (Å²) < 4.78 is 16.9. The van der Waals surface area contributed by atoms with Crippen LogP contribution in [0.1, 0.15) is 52.9 Å². The number of nitrogens with one attached hydrogen (secondary N) is 1. The summed E-state index contributed by atoms with van der Waals surface area (Å²) in [6.07, 6.45) is 3.59. The summed E-state index contributed by atoms with van der Waals surface area (Å²) >= 11 is 0. The van der Waals surface area contributed by atoms with Gasteiger partial charge in [0.05, 0.1) is 11.8 Å². The molecule has 3 rings (SSSR count). The number of para-hydroxylation sites is 2. The highest BCUT2D eigenvalue weighted by atomic mass is 16.5. The van der Waals surface area contributed by atoms with Crippen LogP contribution in [0.4, 0.5) is 5.69 Å². The largest absolute Gasteiger partial charge is 0.489 e. The van der Waals surface area contributed by atoms with E-state index in [2.05, 4.69) is 5.32 Å². The van der Waals surface area contributed by atoms with Gasteiger partial charge >= 0.3 is 5.97 Å². The number of ether oxygens (including phenoxy) is 2. The Labute approximate surface area is 157 Å². The van der Waals surface area contributed by atoms with Gasteiger partial charge in [0.25, 0.3) is 5.91 Å². The van der Waals surface area contributed by atoms with Crippen LogP contribution in [-0.4, -0.2) is 36.3 Å². The third-order valence-electron chi connectivity index (χ3n) is 4.42. The van der Waals surface area contributed by atoms with E-state index in [4.69, 9.17) is 13.9 Å². The summed E-state index contributed by atoms with van der Waals surface area (Å²) in [4.78, 5) is 23.7. The number of hydrogen-bond acceptors (Lipinski definition) is 5. The molecule has 0 bridgehead atoms. The Kier molecular flexibility index (Phi) is 6.13. The predicted octanol–water partition coefficient (Wildman–Crippen LogP) is 3.74. The lowest BCUT2D eigenvalue weighted by Crippen LogP contribution is -2.26. The Morgan fingerprint density at radius 2 is 2.11 bits per heavy atom. The van der Waals surface area contributed by atoms with E-state index in [1.807, 2.05) is 6.07 Å². The first kappa shape index (κ1) is 19.0. The third kappa shape index (κ3) is 4.68. The van der Waals surface area contributed by atoms with Crippen molar-refractivity contribution in [3.8, 4) is 5.75 Å². The maximum atomic E-state index is 12.5. The number of carbonyl (C=O) groups excluding carboxylic acids is 1. The van der Waals surface area contributed by atoms with Crippen molar-refractivity contribution in [1.82, 2.24) is 0 Å². The maximum Gasteiger partial charge on any atom is 0.339 e. The minimum Gasteiger partial charge on any atom is -0.489 e. The van der Waals surface area contributed by atoms with E-state index in [9.17, 15) is 14.7 Å². The normalized spacial score (nSPS) is 16.7. The monoisotopic (exact) mass is 373 g/mol. The van der Waals surface area contributed by atoms with Crippen molar-refractivity contribution in [3.63, 3.8) is 0 Å². The Hall–Kier alpha value is -2.80. The van der Waals surface area contributed by atoms with Crippen molar-refractivity contribution < 1.29 is 28.6 Å². The van der Waals surface area contributed by atoms with Crippen LogP contribution in [0.25, 0.3) is 0 Å². The van der Waals surface area contributed by atoms with Crippen molar-refractivity contribution in [1.29, 1.82) is 0 Å². The van der Waals surface area contributed by atoms with Gasteiger partial charge in [0.2, 0.25) is 0 Å². The van der Waals surface area contributed by atoms with Gasteiger partial charge in [0.1, 0.15) is 23.7 Å². The zero-order valence-electron chi connectivity index (χ0n) is 15.2. The Bertz CT molecular complexity index is 807. The average molecular weight is 373 g/mol. The van der Waals surface area contributed by atoms with E-state index < -0.39 is 11.9 Å². The number of amides is 1. The minimum atomic E-state index is -1.12. The fourth-order valence-electron chi connectivity index (χ4n) is 2.99. The molecule has 0 aliphatic carbocycles. The van der Waals surface area contributed by atoms with Gasteiger partial charge < -0.3 is 24.3 Å². The number of anilines is 1. The number of hydrogen-bond donors (Lipinski definition) is 2. The highest BCUT2D eigenvalue weighted by Crippen LogP contribution is 2.26. The molecule has 7 heteroatoms. The molecule has 1 atom stereocenters. The molecule has 1 saturated heterocycles. The predicted molar refractivity (Wildman–Crippen MR) is 98.5 cm³/mol. The zero-order chi connectivity index (χ0) is 19.2. The molecular formula is C20H23NO6. The number of aromatic carboxylic acids is 1. The van der Waals surface area contributed by atoms with Gasteiger partial charge in [-0.25, -0.2) is 4.79 Å².